The molecule has 2 aliphatic heterocycles. The van der Waals surface area contributed by atoms with Gasteiger partial charge in [0.15, 0.2) is 0 Å². The van der Waals surface area contributed by atoms with Crippen LogP contribution in [-0.4, -0.2) is 84.5 Å². The molecule has 2 fully saturated rings. The lowest BCUT2D eigenvalue weighted by Crippen LogP contribution is -2.53. The minimum absolute atomic E-state index is 0.155. The number of amides is 1. The normalized spacial score (nSPS) is 18.7. The number of aromatic nitrogens is 1. The van der Waals surface area contributed by atoms with E-state index in [-0.39, 0.29) is 5.91 Å². The first-order valence-corrected chi connectivity index (χ1v) is 10.9. The molecular formula is C23H28F3N5O. The van der Waals surface area contributed by atoms with Gasteiger partial charge < -0.3 is 9.80 Å². The van der Waals surface area contributed by atoms with Gasteiger partial charge in [0.2, 0.25) is 5.91 Å². The van der Waals surface area contributed by atoms with Gasteiger partial charge in [-0.15, -0.1) is 0 Å². The number of piperazine rings is 2. The Kier molecular flexibility index (Phi) is 6.95. The first-order chi connectivity index (χ1) is 15.4. The third kappa shape index (κ3) is 5.77. The van der Waals surface area contributed by atoms with Gasteiger partial charge in [0.1, 0.15) is 5.82 Å². The highest BCUT2D eigenvalue weighted by Crippen LogP contribution is 2.29. The SMILES string of the molecule is O=C(CN1CCN(Cc2ccc(C(F)(F)F)cc2)CC1)N1CCN(c2ccccn2)CC1. The molecule has 2 aliphatic rings. The Morgan fingerprint density at radius 3 is 2.09 bits per heavy atom. The van der Waals surface area contributed by atoms with E-state index in [0.717, 1.165) is 62.8 Å². The monoisotopic (exact) mass is 447 g/mol. The van der Waals surface area contributed by atoms with E-state index >= 15 is 0 Å². The first-order valence-electron chi connectivity index (χ1n) is 10.9. The van der Waals surface area contributed by atoms with Gasteiger partial charge in [-0.1, -0.05) is 18.2 Å². The quantitative estimate of drug-likeness (QED) is 0.705. The molecular weight excluding hydrogens is 419 g/mol. The van der Waals surface area contributed by atoms with Gasteiger partial charge >= 0.3 is 6.18 Å². The lowest BCUT2D eigenvalue weighted by molar-refractivity contribution is -0.137. The predicted octanol–water partition coefficient (Wildman–Crippen LogP) is 2.57. The maximum Gasteiger partial charge on any atom is 0.416 e. The third-order valence-corrected chi connectivity index (χ3v) is 6.12. The van der Waals surface area contributed by atoms with Gasteiger partial charge in [-0.3, -0.25) is 14.6 Å². The molecule has 4 rings (SSSR count). The van der Waals surface area contributed by atoms with E-state index in [1.807, 2.05) is 23.1 Å². The molecule has 0 aliphatic carbocycles. The average Bonchev–Trinajstić information content (AvgIpc) is 2.81. The van der Waals surface area contributed by atoms with Gasteiger partial charge in [-0.25, -0.2) is 4.98 Å². The van der Waals surface area contributed by atoms with E-state index in [4.69, 9.17) is 0 Å². The fourth-order valence-electron chi connectivity index (χ4n) is 4.18. The van der Waals surface area contributed by atoms with Gasteiger partial charge in [-0.05, 0) is 29.8 Å². The first kappa shape index (κ1) is 22.5. The zero-order valence-corrected chi connectivity index (χ0v) is 18.0. The molecule has 1 aromatic carbocycles. The van der Waals surface area contributed by atoms with Gasteiger partial charge in [-0.2, -0.15) is 13.2 Å². The van der Waals surface area contributed by atoms with Crippen molar-refractivity contribution in [3.05, 3.63) is 59.8 Å². The summed E-state index contributed by atoms with van der Waals surface area (Å²) in [6.45, 7) is 7.14. The molecule has 0 spiro atoms. The summed E-state index contributed by atoms with van der Waals surface area (Å²) in [6, 6.07) is 11.2. The molecule has 0 bridgehead atoms. The van der Waals surface area contributed by atoms with Gasteiger partial charge in [0.25, 0.3) is 0 Å². The summed E-state index contributed by atoms with van der Waals surface area (Å²) in [6.07, 6.45) is -2.52. The molecule has 2 saturated heterocycles. The number of hydrogen-bond donors (Lipinski definition) is 0. The van der Waals surface area contributed by atoms with Gasteiger partial charge in [0.05, 0.1) is 12.1 Å². The molecule has 32 heavy (non-hydrogen) atoms. The van der Waals surface area contributed by atoms with Crippen molar-refractivity contribution in [2.45, 2.75) is 12.7 Å². The molecule has 1 amide bonds. The summed E-state index contributed by atoms with van der Waals surface area (Å²) in [5.41, 5.74) is 0.249. The second-order valence-electron chi connectivity index (χ2n) is 8.30. The van der Waals surface area contributed by atoms with Crippen molar-refractivity contribution in [3.8, 4) is 0 Å². The molecule has 0 saturated carbocycles. The summed E-state index contributed by atoms with van der Waals surface area (Å²) in [7, 11) is 0. The van der Waals surface area contributed by atoms with Crippen molar-refractivity contribution in [2.24, 2.45) is 0 Å². The number of halogens is 3. The Morgan fingerprint density at radius 2 is 1.50 bits per heavy atom. The lowest BCUT2D eigenvalue weighted by atomic mass is 10.1. The third-order valence-electron chi connectivity index (χ3n) is 6.12. The molecule has 172 valence electrons. The molecule has 3 heterocycles. The van der Waals surface area contributed by atoms with E-state index in [9.17, 15) is 18.0 Å². The number of rotatable bonds is 5. The van der Waals surface area contributed by atoms with E-state index < -0.39 is 11.7 Å². The highest BCUT2D eigenvalue weighted by molar-refractivity contribution is 5.78. The van der Waals surface area contributed by atoms with Crippen molar-refractivity contribution in [3.63, 3.8) is 0 Å². The van der Waals surface area contributed by atoms with E-state index in [1.165, 1.54) is 0 Å². The molecule has 2 aromatic rings. The van der Waals surface area contributed by atoms with Crippen molar-refractivity contribution in [1.29, 1.82) is 0 Å². The van der Waals surface area contributed by atoms with E-state index in [0.29, 0.717) is 26.2 Å². The second-order valence-corrected chi connectivity index (χ2v) is 8.30. The Labute approximate surface area is 186 Å². The number of anilines is 1. The van der Waals surface area contributed by atoms with Crippen LogP contribution >= 0.6 is 0 Å². The lowest BCUT2D eigenvalue weighted by Gasteiger charge is -2.38. The van der Waals surface area contributed by atoms with Crippen molar-refractivity contribution in [2.75, 3.05) is 63.8 Å². The number of carbonyl (C=O) groups is 1. The highest BCUT2D eigenvalue weighted by Gasteiger charge is 2.30. The Morgan fingerprint density at radius 1 is 0.844 bits per heavy atom. The largest absolute Gasteiger partial charge is 0.416 e. The minimum Gasteiger partial charge on any atom is -0.353 e. The molecule has 1 aromatic heterocycles. The summed E-state index contributed by atoms with van der Waals surface area (Å²) >= 11 is 0. The van der Waals surface area contributed by atoms with Crippen LogP contribution in [0.15, 0.2) is 48.7 Å². The summed E-state index contributed by atoms with van der Waals surface area (Å²) in [5.74, 6) is 1.10. The summed E-state index contributed by atoms with van der Waals surface area (Å²) in [4.78, 5) is 25.6. The van der Waals surface area contributed by atoms with Gasteiger partial charge in [0, 0.05) is 65.1 Å². The van der Waals surface area contributed by atoms with Crippen LogP contribution in [0.25, 0.3) is 0 Å². The van der Waals surface area contributed by atoms with Crippen molar-refractivity contribution in [1.82, 2.24) is 19.7 Å². The van der Waals surface area contributed by atoms with Crippen LogP contribution in [0.5, 0.6) is 0 Å². The smallest absolute Gasteiger partial charge is 0.353 e. The standard InChI is InChI=1S/C23H28F3N5O/c24-23(25,26)20-6-4-19(5-7-20)17-28-9-11-29(12-10-28)18-22(32)31-15-13-30(14-16-31)21-3-1-2-8-27-21/h1-8H,9-18H2. The van der Waals surface area contributed by atoms with E-state index in [1.54, 1.807) is 18.3 Å². The summed E-state index contributed by atoms with van der Waals surface area (Å²) < 4.78 is 38.1. The predicted molar refractivity (Wildman–Crippen MR) is 116 cm³/mol. The molecule has 6 nitrogen and oxygen atoms in total. The second kappa shape index (κ2) is 9.87. The fraction of sp³-hybridized carbons (Fsp3) is 0.478. The van der Waals surface area contributed by atoms with Crippen LogP contribution in [0, 0.1) is 0 Å². The Balaban J connectivity index is 1.18. The summed E-state index contributed by atoms with van der Waals surface area (Å²) in [5, 5.41) is 0. The van der Waals surface area contributed by atoms with Crippen molar-refractivity contribution < 1.29 is 18.0 Å². The number of alkyl halides is 3. The van der Waals surface area contributed by atoms with Crippen LogP contribution in [0.1, 0.15) is 11.1 Å². The fourth-order valence-corrected chi connectivity index (χ4v) is 4.18. The molecule has 0 unspecified atom stereocenters. The van der Waals surface area contributed by atoms with Crippen LogP contribution in [-0.2, 0) is 17.5 Å². The number of hydrogen-bond acceptors (Lipinski definition) is 5. The Hall–Kier alpha value is -2.65. The highest BCUT2D eigenvalue weighted by atomic mass is 19.4. The van der Waals surface area contributed by atoms with E-state index in [2.05, 4.69) is 19.7 Å². The zero-order valence-electron chi connectivity index (χ0n) is 18.0. The number of pyridine rings is 1. The van der Waals surface area contributed by atoms with Crippen LogP contribution in [0.2, 0.25) is 0 Å². The molecule has 9 heteroatoms. The van der Waals surface area contributed by atoms with Crippen molar-refractivity contribution >= 4 is 11.7 Å². The topological polar surface area (TPSA) is 42.9 Å². The molecule has 0 radical (unpaired) electrons. The average molecular weight is 448 g/mol. The van der Waals surface area contributed by atoms with Crippen LogP contribution in [0.4, 0.5) is 19.0 Å². The zero-order chi connectivity index (χ0) is 22.6. The minimum atomic E-state index is -4.30. The molecule has 0 N–H and O–H groups in total. The molecule has 0 atom stereocenters. The van der Waals surface area contributed by atoms with Crippen LogP contribution in [0.3, 0.4) is 0 Å². The maximum absolute atomic E-state index is 12.7. The Bertz CT molecular complexity index is 875. The van der Waals surface area contributed by atoms with Crippen LogP contribution < -0.4 is 4.90 Å². The number of carbonyl (C=O) groups excluding carboxylic acids is 1. The number of benzene rings is 1. The maximum atomic E-state index is 12.7. The number of nitrogens with zero attached hydrogens (tertiary/aromatic N) is 5.